The highest BCUT2D eigenvalue weighted by atomic mass is 16.3. The predicted molar refractivity (Wildman–Crippen MR) is 56.4 cm³/mol. The van der Waals surface area contributed by atoms with Gasteiger partial charge in [0, 0.05) is 11.6 Å². The quantitative estimate of drug-likeness (QED) is 0.693. The summed E-state index contributed by atoms with van der Waals surface area (Å²) in [5, 5.41) is 9.40. The number of phenolic OH excluding ortho intramolecular Hbond substituents is 1. The summed E-state index contributed by atoms with van der Waals surface area (Å²) in [6, 6.07) is 5.23. The van der Waals surface area contributed by atoms with Crippen molar-refractivity contribution < 1.29 is 5.11 Å². The molecule has 1 heterocycles. The molecule has 0 aliphatic heterocycles. The molecule has 14 heavy (non-hydrogen) atoms. The molecule has 0 saturated heterocycles. The van der Waals surface area contributed by atoms with Crippen molar-refractivity contribution in [1.82, 2.24) is 9.55 Å². The number of rotatable bonds is 0. The molecular formula is C11H14N2O. The lowest BCUT2D eigenvalue weighted by molar-refractivity contribution is 0.407. The van der Waals surface area contributed by atoms with Gasteiger partial charge in [-0.3, -0.25) is 0 Å². The van der Waals surface area contributed by atoms with E-state index in [9.17, 15) is 5.11 Å². The molecule has 2 rings (SSSR count). The second-order valence-electron chi connectivity index (χ2n) is 4.46. The van der Waals surface area contributed by atoms with Crippen LogP contribution in [0.3, 0.4) is 0 Å². The fraction of sp³-hybridized carbons (Fsp3) is 0.364. The molecule has 0 atom stereocenters. The van der Waals surface area contributed by atoms with Gasteiger partial charge >= 0.3 is 0 Å². The Balaban J connectivity index is 2.73. The van der Waals surface area contributed by atoms with Crippen molar-refractivity contribution in [2.24, 2.45) is 0 Å². The summed E-state index contributed by atoms with van der Waals surface area (Å²) in [5.41, 5.74) is 1.87. The third kappa shape index (κ3) is 1.35. The van der Waals surface area contributed by atoms with Gasteiger partial charge in [0.05, 0.1) is 17.4 Å². The number of hydrogen-bond donors (Lipinski definition) is 1. The number of imidazole rings is 1. The molecule has 0 unspecified atom stereocenters. The normalized spacial score (nSPS) is 12.2. The number of hydrogen-bond acceptors (Lipinski definition) is 2. The van der Waals surface area contributed by atoms with Crippen LogP contribution in [0.2, 0.25) is 0 Å². The molecule has 0 aliphatic rings. The summed E-state index contributed by atoms with van der Waals surface area (Å²) in [7, 11) is 0. The SMILES string of the molecule is CC(C)(C)n1cnc2ccc(O)cc21. The lowest BCUT2D eigenvalue weighted by atomic mass is 10.1. The van der Waals surface area contributed by atoms with Gasteiger partial charge in [0.15, 0.2) is 0 Å². The summed E-state index contributed by atoms with van der Waals surface area (Å²) >= 11 is 0. The Morgan fingerprint density at radius 3 is 2.64 bits per heavy atom. The standard InChI is InChI=1S/C11H14N2O/c1-11(2,3)13-7-12-9-5-4-8(14)6-10(9)13/h4-7,14H,1-3H3. The van der Waals surface area contributed by atoms with Crippen LogP contribution in [0, 0.1) is 0 Å². The van der Waals surface area contributed by atoms with E-state index in [1.807, 2.05) is 12.4 Å². The minimum absolute atomic E-state index is 0.0114. The summed E-state index contributed by atoms with van der Waals surface area (Å²) in [6.45, 7) is 6.33. The first kappa shape index (κ1) is 9.06. The molecule has 0 aliphatic carbocycles. The molecular weight excluding hydrogens is 176 g/mol. The number of phenols is 1. The lowest BCUT2D eigenvalue weighted by Crippen LogP contribution is -2.20. The van der Waals surface area contributed by atoms with E-state index in [1.54, 1.807) is 12.1 Å². The minimum Gasteiger partial charge on any atom is -0.508 e. The molecule has 2 aromatic rings. The fourth-order valence-corrected chi connectivity index (χ4v) is 1.53. The van der Waals surface area contributed by atoms with Crippen molar-refractivity contribution in [3.63, 3.8) is 0 Å². The monoisotopic (exact) mass is 190 g/mol. The van der Waals surface area contributed by atoms with E-state index in [1.165, 1.54) is 0 Å². The van der Waals surface area contributed by atoms with Crippen molar-refractivity contribution in [3.05, 3.63) is 24.5 Å². The number of aromatic hydroxyl groups is 1. The van der Waals surface area contributed by atoms with Crippen molar-refractivity contribution in [2.75, 3.05) is 0 Å². The summed E-state index contributed by atoms with van der Waals surface area (Å²) in [4.78, 5) is 4.28. The first-order valence-electron chi connectivity index (χ1n) is 4.65. The zero-order valence-electron chi connectivity index (χ0n) is 8.65. The van der Waals surface area contributed by atoms with Crippen LogP contribution >= 0.6 is 0 Å². The highest BCUT2D eigenvalue weighted by Crippen LogP contribution is 2.24. The van der Waals surface area contributed by atoms with Crippen molar-refractivity contribution in [2.45, 2.75) is 26.3 Å². The highest BCUT2D eigenvalue weighted by Gasteiger charge is 2.15. The fourth-order valence-electron chi connectivity index (χ4n) is 1.53. The average Bonchev–Trinajstić information content (AvgIpc) is 2.45. The van der Waals surface area contributed by atoms with Crippen LogP contribution in [0.4, 0.5) is 0 Å². The van der Waals surface area contributed by atoms with Gasteiger partial charge in [-0.15, -0.1) is 0 Å². The van der Waals surface area contributed by atoms with Gasteiger partial charge < -0.3 is 9.67 Å². The summed E-state index contributed by atoms with van der Waals surface area (Å²) in [6.07, 6.45) is 1.81. The van der Waals surface area contributed by atoms with Crippen molar-refractivity contribution >= 4 is 11.0 Å². The molecule has 0 fully saturated rings. The zero-order valence-corrected chi connectivity index (χ0v) is 8.65. The van der Waals surface area contributed by atoms with E-state index in [-0.39, 0.29) is 11.3 Å². The lowest BCUT2D eigenvalue weighted by Gasteiger charge is -2.21. The van der Waals surface area contributed by atoms with Crippen molar-refractivity contribution in [3.8, 4) is 5.75 Å². The third-order valence-corrected chi connectivity index (χ3v) is 2.25. The first-order valence-corrected chi connectivity index (χ1v) is 4.65. The topological polar surface area (TPSA) is 38.0 Å². The predicted octanol–water partition coefficient (Wildman–Crippen LogP) is 2.50. The van der Waals surface area contributed by atoms with Gasteiger partial charge in [0.1, 0.15) is 5.75 Å². The van der Waals surface area contributed by atoms with E-state index < -0.39 is 0 Å². The van der Waals surface area contributed by atoms with Crippen LogP contribution in [0.25, 0.3) is 11.0 Å². The summed E-state index contributed by atoms with van der Waals surface area (Å²) in [5.74, 6) is 0.281. The average molecular weight is 190 g/mol. The van der Waals surface area contributed by atoms with Crippen LogP contribution in [0.1, 0.15) is 20.8 Å². The van der Waals surface area contributed by atoms with Crippen LogP contribution in [0.15, 0.2) is 24.5 Å². The van der Waals surface area contributed by atoms with Crippen LogP contribution < -0.4 is 0 Å². The molecule has 1 N–H and O–H groups in total. The molecule has 3 nitrogen and oxygen atoms in total. The van der Waals surface area contributed by atoms with Crippen LogP contribution in [-0.4, -0.2) is 14.7 Å². The molecule has 3 heteroatoms. The maximum Gasteiger partial charge on any atom is 0.117 e. The molecule has 0 bridgehead atoms. The van der Waals surface area contributed by atoms with E-state index in [0.717, 1.165) is 11.0 Å². The number of benzene rings is 1. The van der Waals surface area contributed by atoms with Gasteiger partial charge in [-0.2, -0.15) is 0 Å². The molecule has 1 aromatic carbocycles. The van der Waals surface area contributed by atoms with Crippen molar-refractivity contribution in [1.29, 1.82) is 0 Å². The molecule has 0 spiro atoms. The Morgan fingerprint density at radius 1 is 1.29 bits per heavy atom. The number of fused-ring (bicyclic) bond motifs is 1. The van der Waals surface area contributed by atoms with E-state index in [2.05, 4.69) is 30.3 Å². The Kier molecular flexibility index (Phi) is 1.77. The Bertz CT molecular complexity index is 466. The van der Waals surface area contributed by atoms with E-state index in [0.29, 0.717) is 0 Å². The van der Waals surface area contributed by atoms with Gasteiger partial charge in [-0.05, 0) is 32.9 Å². The van der Waals surface area contributed by atoms with Gasteiger partial charge in [-0.25, -0.2) is 4.98 Å². The van der Waals surface area contributed by atoms with Gasteiger partial charge in [-0.1, -0.05) is 0 Å². The van der Waals surface area contributed by atoms with Gasteiger partial charge in [0.2, 0.25) is 0 Å². The Hall–Kier alpha value is -1.51. The third-order valence-electron chi connectivity index (χ3n) is 2.25. The minimum atomic E-state index is -0.0114. The smallest absolute Gasteiger partial charge is 0.117 e. The Morgan fingerprint density at radius 2 is 2.00 bits per heavy atom. The molecule has 0 radical (unpaired) electrons. The van der Waals surface area contributed by atoms with Crippen LogP contribution in [-0.2, 0) is 5.54 Å². The molecule has 1 aromatic heterocycles. The second kappa shape index (κ2) is 2.74. The maximum absolute atomic E-state index is 9.40. The van der Waals surface area contributed by atoms with E-state index in [4.69, 9.17) is 0 Å². The number of nitrogens with zero attached hydrogens (tertiary/aromatic N) is 2. The van der Waals surface area contributed by atoms with Crippen LogP contribution in [0.5, 0.6) is 5.75 Å². The summed E-state index contributed by atoms with van der Waals surface area (Å²) < 4.78 is 2.06. The van der Waals surface area contributed by atoms with E-state index >= 15 is 0 Å². The number of aromatic nitrogens is 2. The largest absolute Gasteiger partial charge is 0.508 e. The zero-order chi connectivity index (χ0) is 10.3. The second-order valence-corrected chi connectivity index (χ2v) is 4.46. The Labute approximate surface area is 83.0 Å². The maximum atomic E-state index is 9.40. The first-order chi connectivity index (χ1) is 6.48. The molecule has 74 valence electrons. The molecule has 0 saturated carbocycles. The van der Waals surface area contributed by atoms with Gasteiger partial charge in [0.25, 0.3) is 0 Å². The molecule has 0 amide bonds. The highest BCUT2D eigenvalue weighted by molar-refractivity contribution is 5.77.